The quantitative estimate of drug-likeness (QED) is 0.353. The number of para-hydroxylation sites is 3. The van der Waals surface area contributed by atoms with Gasteiger partial charge in [0.25, 0.3) is 11.6 Å². The van der Waals surface area contributed by atoms with Crippen molar-refractivity contribution < 1.29 is 23.7 Å². The van der Waals surface area contributed by atoms with Crippen LogP contribution in [0.5, 0.6) is 0 Å². The van der Waals surface area contributed by atoms with Gasteiger partial charge in [-0.1, -0.05) is 42.5 Å². The number of nitrogens with zero attached hydrogens (tertiary/aromatic N) is 3. The highest BCUT2D eigenvalue weighted by Gasteiger charge is 2.61. The number of carbonyl (C=O) groups is 2. The zero-order chi connectivity index (χ0) is 22.4. The minimum Gasteiger partial charge on any atom is -0.273 e. The Morgan fingerprint density at radius 2 is 1.53 bits per heavy atom. The summed E-state index contributed by atoms with van der Waals surface area (Å²) in [4.78, 5) is 44.5. The maximum Gasteiger partial charge on any atom is 0.274 e. The third kappa shape index (κ3) is 2.94. The molecule has 0 aliphatic carbocycles. The number of anilines is 2. The van der Waals surface area contributed by atoms with Crippen LogP contribution in [-0.2, 0) is 14.4 Å². The third-order valence-electron chi connectivity index (χ3n) is 5.67. The van der Waals surface area contributed by atoms with Crippen molar-refractivity contribution in [3.8, 4) is 0 Å². The van der Waals surface area contributed by atoms with Crippen LogP contribution in [0.4, 0.5) is 21.5 Å². The molecule has 2 aliphatic rings. The van der Waals surface area contributed by atoms with Crippen molar-refractivity contribution in [3.05, 3.63) is 100 Å². The van der Waals surface area contributed by atoms with Crippen LogP contribution < -0.4 is 9.96 Å². The second-order valence-electron chi connectivity index (χ2n) is 7.44. The molecule has 5 rings (SSSR count). The van der Waals surface area contributed by atoms with Crippen LogP contribution in [0.3, 0.4) is 0 Å². The maximum atomic E-state index is 14.4. The molecular weight excluding hydrogens is 417 g/mol. The highest BCUT2D eigenvalue weighted by atomic mass is 19.1. The van der Waals surface area contributed by atoms with E-state index in [-0.39, 0.29) is 16.9 Å². The van der Waals surface area contributed by atoms with Crippen molar-refractivity contribution in [2.45, 2.75) is 12.1 Å². The Morgan fingerprint density at radius 3 is 2.25 bits per heavy atom. The van der Waals surface area contributed by atoms with Crippen molar-refractivity contribution in [3.63, 3.8) is 0 Å². The summed E-state index contributed by atoms with van der Waals surface area (Å²) in [6.45, 7) is 0. The molecule has 0 spiro atoms. The Kier molecular flexibility index (Phi) is 4.67. The molecule has 0 saturated carbocycles. The van der Waals surface area contributed by atoms with Crippen LogP contribution >= 0.6 is 0 Å². The Morgan fingerprint density at radius 1 is 0.875 bits per heavy atom. The summed E-state index contributed by atoms with van der Waals surface area (Å²) in [5, 5.41) is 13.1. The lowest BCUT2D eigenvalue weighted by Gasteiger charge is -2.28. The lowest BCUT2D eigenvalue weighted by molar-refractivity contribution is -0.385. The van der Waals surface area contributed by atoms with Gasteiger partial charge >= 0.3 is 0 Å². The van der Waals surface area contributed by atoms with Crippen LogP contribution in [0.25, 0.3) is 0 Å². The van der Waals surface area contributed by atoms with E-state index in [2.05, 4.69) is 0 Å². The minimum atomic E-state index is -1.24. The molecule has 0 N–H and O–H groups in total. The Bertz CT molecular complexity index is 1240. The lowest BCUT2D eigenvalue weighted by Crippen LogP contribution is -2.38. The van der Waals surface area contributed by atoms with Crippen molar-refractivity contribution in [2.24, 2.45) is 5.92 Å². The first-order chi connectivity index (χ1) is 15.5. The third-order valence-corrected chi connectivity index (χ3v) is 5.67. The van der Waals surface area contributed by atoms with Gasteiger partial charge in [-0.3, -0.25) is 24.5 Å². The second-order valence-corrected chi connectivity index (χ2v) is 7.44. The lowest BCUT2D eigenvalue weighted by atomic mass is 9.89. The molecular formula is C23H16FN3O5. The topological polar surface area (TPSA) is 93.0 Å². The first-order valence-corrected chi connectivity index (χ1v) is 9.85. The van der Waals surface area contributed by atoms with E-state index in [1.807, 2.05) is 0 Å². The average molecular weight is 433 g/mol. The van der Waals surface area contributed by atoms with Gasteiger partial charge in [-0.2, -0.15) is 0 Å². The predicted octanol–water partition coefficient (Wildman–Crippen LogP) is 3.79. The van der Waals surface area contributed by atoms with Gasteiger partial charge < -0.3 is 0 Å². The van der Waals surface area contributed by atoms with Gasteiger partial charge in [-0.05, 0) is 30.3 Å². The molecule has 8 nitrogen and oxygen atoms in total. The van der Waals surface area contributed by atoms with Gasteiger partial charge in [0.15, 0.2) is 6.10 Å². The largest absolute Gasteiger partial charge is 0.274 e. The molecule has 0 unspecified atom stereocenters. The maximum absolute atomic E-state index is 14.4. The van der Waals surface area contributed by atoms with Gasteiger partial charge in [0.2, 0.25) is 5.91 Å². The number of rotatable bonds is 4. The predicted molar refractivity (Wildman–Crippen MR) is 112 cm³/mol. The van der Waals surface area contributed by atoms with Crippen LogP contribution in [0.1, 0.15) is 11.6 Å². The molecule has 160 valence electrons. The molecule has 9 heteroatoms. The molecule has 3 aromatic carbocycles. The number of imide groups is 1. The molecule has 2 aliphatic heterocycles. The second kappa shape index (κ2) is 7.54. The molecule has 32 heavy (non-hydrogen) atoms. The standard InChI is InChI=1S/C23H16FN3O5/c24-16-11-5-7-13-18(16)25-22(28)19-20(15-10-4-6-12-17(15)27(30)31)26(32-21(19)23(25)29)14-8-2-1-3-9-14/h1-13,19-21H/t19-,20+,21-/m1/s1. The number of hydrogen-bond donors (Lipinski definition) is 0. The fraction of sp³-hybridized carbons (Fsp3) is 0.130. The number of fused-ring (bicyclic) bond motifs is 1. The summed E-state index contributed by atoms with van der Waals surface area (Å²) < 4.78 is 14.4. The van der Waals surface area contributed by atoms with E-state index in [0.29, 0.717) is 5.69 Å². The smallest absolute Gasteiger partial charge is 0.273 e. The number of amides is 2. The van der Waals surface area contributed by atoms with Gasteiger partial charge in [-0.25, -0.2) is 14.4 Å². The van der Waals surface area contributed by atoms with Gasteiger partial charge in [0.05, 0.1) is 21.9 Å². The van der Waals surface area contributed by atoms with Gasteiger partial charge in [0.1, 0.15) is 17.8 Å². The van der Waals surface area contributed by atoms with Crippen molar-refractivity contribution >= 4 is 28.9 Å². The number of nitro benzene ring substituents is 1. The number of halogens is 1. The molecule has 0 aromatic heterocycles. The monoisotopic (exact) mass is 433 g/mol. The van der Waals surface area contributed by atoms with Crippen molar-refractivity contribution in [2.75, 3.05) is 9.96 Å². The SMILES string of the molecule is O=C1[C@H]2[C@@H](ON(c3ccccc3)[C@H]2c2ccccc2[N+](=O)[O-])C(=O)N1c1ccccc1F. The molecule has 3 aromatic rings. The van der Waals surface area contributed by atoms with Crippen LogP contribution in [0.2, 0.25) is 0 Å². The fourth-order valence-corrected chi connectivity index (χ4v) is 4.30. The summed E-state index contributed by atoms with van der Waals surface area (Å²) in [5.41, 5.74) is 0.383. The normalized spacial score (nSPS) is 22.3. The summed E-state index contributed by atoms with van der Waals surface area (Å²) in [6.07, 6.45) is -1.24. The van der Waals surface area contributed by atoms with Crippen molar-refractivity contribution in [1.82, 2.24) is 0 Å². The number of nitro groups is 1. The first kappa shape index (κ1) is 19.8. The van der Waals surface area contributed by atoms with E-state index < -0.39 is 40.6 Å². The minimum absolute atomic E-state index is 0.173. The zero-order valence-electron chi connectivity index (χ0n) is 16.5. The van der Waals surface area contributed by atoms with E-state index in [1.165, 1.54) is 41.5 Å². The van der Waals surface area contributed by atoms with Crippen LogP contribution in [-0.4, -0.2) is 22.8 Å². The Balaban J connectivity index is 1.65. The molecule has 3 atom stereocenters. The van der Waals surface area contributed by atoms with Crippen LogP contribution in [0, 0.1) is 21.8 Å². The van der Waals surface area contributed by atoms with E-state index in [9.17, 15) is 24.1 Å². The summed E-state index contributed by atoms with van der Waals surface area (Å²) in [7, 11) is 0. The number of carbonyl (C=O) groups excluding carboxylic acids is 2. The Hall–Kier alpha value is -4.11. The van der Waals surface area contributed by atoms with Crippen LogP contribution in [0.15, 0.2) is 78.9 Å². The summed E-state index contributed by atoms with van der Waals surface area (Å²) in [6, 6.07) is 19.2. The van der Waals surface area contributed by atoms with Crippen molar-refractivity contribution in [1.29, 1.82) is 0 Å². The molecule has 2 amide bonds. The summed E-state index contributed by atoms with van der Waals surface area (Å²) >= 11 is 0. The highest BCUT2D eigenvalue weighted by Crippen LogP contribution is 2.49. The first-order valence-electron chi connectivity index (χ1n) is 9.85. The van der Waals surface area contributed by atoms with E-state index >= 15 is 0 Å². The molecule has 2 fully saturated rings. The highest BCUT2D eigenvalue weighted by molar-refractivity contribution is 6.24. The average Bonchev–Trinajstić information content (AvgIpc) is 3.31. The van der Waals surface area contributed by atoms with E-state index in [1.54, 1.807) is 36.4 Å². The summed E-state index contributed by atoms with van der Waals surface area (Å²) in [5.74, 6) is -3.21. The number of hydroxylamine groups is 1. The Labute approximate surface area is 181 Å². The van der Waals surface area contributed by atoms with E-state index in [0.717, 1.165) is 11.0 Å². The molecule has 0 radical (unpaired) electrons. The zero-order valence-corrected chi connectivity index (χ0v) is 16.5. The molecule has 0 bridgehead atoms. The molecule has 2 heterocycles. The number of hydrogen-bond acceptors (Lipinski definition) is 6. The molecule has 2 saturated heterocycles. The number of benzene rings is 3. The van der Waals surface area contributed by atoms with E-state index in [4.69, 9.17) is 4.84 Å². The fourth-order valence-electron chi connectivity index (χ4n) is 4.30. The van der Waals surface area contributed by atoms with Gasteiger partial charge in [-0.15, -0.1) is 0 Å². The van der Waals surface area contributed by atoms with Gasteiger partial charge in [0, 0.05) is 6.07 Å².